The lowest BCUT2D eigenvalue weighted by atomic mass is 10.0. The van der Waals surface area contributed by atoms with Crippen LogP contribution in [-0.2, 0) is 7.05 Å². The number of aryl methyl sites for hydroxylation is 1. The number of carbonyl (C=O) groups is 1. The maximum atomic E-state index is 11.6. The summed E-state index contributed by atoms with van der Waals surface area (Å²) in [5.74, 6) is 0.455. The molecule has 1 aromatic heterocycles. The van der Waals surface area contributed by atoms with Crippen LogP contribution in [0.4, 0.5) is 0 Å². The van der Waals surface area contributed by atoms with Crippen LogP contribution in [0.3, 0.4) is 0 Å². The van der Waals surface area contributed by atoms with Crippen molar-refractivity contribution in [1.29, 1.82) is 0 Å². The van der Waals surface area contributed by atoms with Crippen LogP contribution < -0.4 is 5.73 Å². The van der Waals surface area contributed by atoms with E-state index in [2.05, 4.69) is 15.4 Å². The van der Waals surface area contributed by atoms with Gasteiger partial charge in [-0.25, -0.2) is 0 Å². The Labute approximate surface area is 98.4 Å². The van der Waals surface area contributed by atoms with Crippen LogP contribution in [0.5, 0.6) is 0 Å². The first-order chi connectivity index (χ1) is 8.08. The van der Waals surface area contributed by atoms with E-state index in [1.807, 2.05) is 0 Å². The molecular formula is C11H13N5O. The summed E-state index contributed by atoms with van der Waals surface area (Å²) in [6.07, 6.45) is 0. The van der Waals surface area contributed by atoms with Crippen LogP contribution in [0, 0.1) is 0 Å². The zero-order valence-electron chi connectivity index (χ0n) is 9.66. The highest BCUT2D eigenvalue weighted by Crippen LogP contribution is 2.14. The Morgan fingerprint density at radius 3 is 2.47 bits per heavy atom. The van der Waals surface area contributed by atoms with E-state index in [9.17, 15) is 4.79 Å². The molecule has 6 heteroatoms. The largest absolute Gasteiger partial charge is 0.321 e. The number of aromatic nitrogens is 4. The predicted octanol–water partition coefficient (Wildman–Crippen LogP) is 0.407. The Balaban J connectivity index is 2.27. The first-order valence-corrected chi connectivity index (χ1v) is 5.22. The van der Waals surface area contributed by atoms with Crippen molar-refractivity contribution in [1.82, 2.24) is 20.2 Å². The van der Waals surface area contributed by atoms with Crippen LogP contribution in [0.15, 0.2) is 24.3 Å². The average molecular weight is 231 g/mol. The molecule has 1 heterocycles. The molecule has 0 saturated heterocycles. The molecule has 1 aromatic carbocycles. The van der Waals surface area contributed by atoms with E-state index < -0.39 is 6.04 Å². The Hall–Kier alpha value is -2.08. The van der Waals surface area contributed by atoms with Gasteiger partial charge in [-0.2, -0.15) is 4.80 Å². The number of hydrogen-bond donors (Lipinski definition) is 1. The van der Waals surface area contributed by atoms with Crippen LogP contribution >= 0.6 is 0 Å². The number of carbonyl (C=O) groups excluding carboxylic acids is 1. The summed E-state index contributed by atoms with van der Waals surface area (Å²) in [6.45, 7) is 1.67. The molecule has 0 aliphatic rings. The van der Waals surface area contributed by atoms with Crippen LogP contribution in [-0.4, -0.2) is 32.0 Å². The second kappa shape index (κ2) is 4.42. The Bertz CT molecular complexity index is 529. The minimum atomic E-state index is -0.490. The number of nitrogens with two attached hydrogens (primary N) is 1. The summed E-state index contributed by atoms with van der Waals surface area (Å²) in [6, 6.07) is 6.52. The van der Waals surface area contributed by atoms with Gasteiger partial charge in [-0.05, 0) is 12.1 Å². The van der Waals surface area contributed by atoms with Crippen LogP contribution in [0.2, 0.25) is 0 Å². The molecule has 0 fully saturated rings. The molecule has 0 radical (unpaired) electrons. The van der Waals surface area contributed by atoms with Gasteiger partial charge in [0.25, 0.3) is 0 Å². The van der Waals surface area contributed by atoms with Crippen molar-refractivity contribution in [2.24, 2.45) is 12.8 Å². The van der Waals surface area contributed by atoms with Crippen molar-refractivity contribution in [2.75, 3.05) is 0 Å². The van der Waals surface area contributed by atoms with Gasteiger partial charge in [0.15, 0.2) is 5.78 Å². The predicted molar refractivity (Wildman–Crippen MR) is 62.2 cm³/mol. The number of benzene rings is 1. The highest BCUT2D eigenvalue weighted by Gasteiger charge is 2.11. The first kappa shape index (κ1) is 11.4. The minimum absolute atomic E-state index is 0.0799. The van der Waals surface area contributed by atoms with Gasteiger partial charge in [-0.3, -0.25) is 4.79 Å². The fraction of sp³-hybridized carbons (Fsp3) is 0.273. The first-order valence-electron chi connectivity index (χ1n) is 5.22. The van der Waals surface area contributed by atoms with E-state index >= 15 is 0 Å². The standard InChI is InChI=1S/C11H13N5O/c1-7(12)10(17)8-3-5-9(6-4-8)11-13-15-16(2)14-11/h3-7H,12H2,1-2H3. The number of Topliss-reactive ketones (excluding diaryl/α,β-unsaturated/α-hetero) is 1. The molecule has 2 N–H and O–H groups in total. The molecule has 1 unspecified atom stereocenters. The van der Waals surface area contributed by atoms with Crippen molar-refractivity contribution in [3.63, 3.8) is 0 Å². The van der Waals surface area contributed by atoms with Crippen molar-refractivity contribution in [3.05, 3.63) is 29.8 Å². The SMILES string of the molecule is CC(N)C(=O)c1ccc(-c2nnn(C)n2)cc1. The van der Waals surface area contributed by atoms with Crippen LogP contribution in [0.25, 0.3) is 11.4 Å². The minimum Gasteiger partial charge on any atom is -0.321 e. The highest BCUT2D eigenvalue weighted by atomic mass is 16.1. The van der Waals surface area contributed by atoms with E-state index in [4.69, 9.17) is 5.73 Å². The Kier molecular flexibility index (Phi) is 2.97. The van der Waals surface area contributed by atoms with Gasteiger partial charge in [-0.15, -0.1) is 10.2 Å². The number of hydrogen-bond acceptors (Lipinski definition) is 5. The van der Waals surface area contributed by atoms with E-state index in [0.717, 1.165) is 5.56 Å². The van der Waals surface area contributed by atoms with Gasteiger partial charge in [0, 0.05) is 11.1 Å². The maximum absolute atomic E-state index is 11.6. The van der Waals surface area contributed by atoms with Gasteiger partial charge in [-0.1, -0.05) is 24.3 Å². The molecule has 0 bridgehead atoms. The molecule has 2 aromatic rings. The fourth-order valence-electron chi connectivity index (χ4n) is 1.45. The lowest BCUT2D eigenvalue weighted by molar-refractivity contribution is 0.0968. The van der Waals surface area contributed by atoms with Gasteiger partial charge in [0.05, 0.1) is 13.1 Å². The molecule has 6 nitrogen and oxygen atoms in total. The molecule has 1 atom stereocenters. The molecule has 0 saturated carbocycles. The van der Waals surface area contributed by atoms with E-state index in [0.29, 0.717) is 11.4 Å². The number of tetrazole rings is 1. The Morgan fingerprint density at radius 2 is 2.00 bits per heavy atom. The summed E-state index contributed by atoms with van der Waals surface area (Å²) in [5, 5.41) is 11.7. The van der Waals surface area contributed by atoms with Crippen molar-refractivity contribution in [3.8, 4) is 11.4 Å². The van der Waals surface area contributed by atoms with Gasteiger partial charge < -0.3 is 5.73 Å². The van der Waals surface area contributed by atoms with Crippen LogP contribution in [0.1, 0.15) is 17.3 Å². The van der Waals surface area contributed by atoms with Crippen molar-refractivity contribution in [2.45, 2.75) is 13.0 Å². The number of rotatable bonds is 3. The third-order valence-corrected chi connectivity index (χ3v) is 2.35. The van der Waals surface area contributed by atoms with Gasteiger partial charge in [0.2, 0.25) is 5.82 Å². The number of ketones is 1. The second-order valence-electron chi connectivity index (χ2n) is 3.83. The molecule has 0 aliphatic carbocycles. The normalized spacial score (nSPS) is 12.4. The molecule has 0 aliphatic heterocycles. The van der Waals surface area contributed by atoms with Crippen molar-refractivity contribution < 1.29 is 4.79 Å². The van der Waals surface area contributed by atoms with Gasteiger partial charge in [0.1, 0.15) is 0 Å². The molecule has 0 spiro atoms. The summed E-state index contributed by atoms with van der Waals surface area (Å²) >= 11 is 0. The van der Waals surface area contributed by atoms with E-state index in [1.54, 1.807) is 38.2 Å². The maximum Gasteiger partial charge on any atom is 0.204 e. The van der Waals surface area contributed by atoms with E-state index in [-0.39, 0.29) is 5.78 Å². The summed E-state index contributed by atoms with van der Waals surface area (Å²) in [7, 11) is 1.70. The highest BCUT2D eigenvalue weighted by molar-refractivity contribution is 5.99. The topological polar surface area (TPSA) is 86.7 Å². The zero-order valence-corrected chi connectivity index (χ0v) is 9.66. The average Bonchev–Trinajstić information content (AvgIpc) is 2.75. The molecular weight excluding hydrogens is 218 g/mol. The fourth-order valence-corrected chi connectivity index (χ4v) is 1.45. The lowest BCUT2D eigenvalue weighted by Crippen LogP contribution is -2.26. The molecule has 2 rings (SSSR count). The lowest BCUT2D eigenvalue weighted by Gasteiger charge is -2.04. The van der Waals surface area contributed by atoms with Crippen molar-refractivity contribution >= 4 is 5.78 Å². The number of nitrogens with zero attached hydrogens (tertiary/aromatic N) is 4. The molecule has 17 heavy (non-hydrogen) atoms. The van der Waals surface area contributed by atoms with E-state index in [1.165, 1.54) is 4.80 Å². The monoisotopic (exact) mass is 231 g/mol. The smallest absolute Gasteiger partial charge is 0.204 e. The summed E-state index contributed by atoms with van der Waals surface area (Å²) < 4.78 is 0. The third kappa shape index (κ3) is 2.36. The third-order valence-electron chi connectivity index (χ3n) is 2.35. The second-order valence-corrected chi connectivity index (χ2v) is 3.83. The molecule has 88 valence electrons. The summed E-state index contributed by atoms with van der Waals surface area (Å²) in [5.41, 5.74) is 6.94. The molecule has 0 amide bonds. The summed E-state index contributed by atoms with van der Waals surface area (Å²) in [4.78, 5) is 13.0. The Morgan fingerprint density at radius 1 is 1.35 bits per heavy atom. The quantitative estimate of drug-likeness (QED) is 0.773. The van der Waals surface area contributed by atoms with Gasteiger partial charge >= 0.3 is 0 Å². The zero-order chi connectivity index (χ0) is 12.4.